The van der Waals surface area contributed by atoms with E-state index in [1.54, 1.807) is 6.20 Å². The Bertz CT molecular complexity index is 1020. The average Bonchev–Trinajstić information content (AvgIpc) is 2.78. The van der Waals surface area contributed by atoms with E-state index in [0.29, 0.717) is 29.2 Å². The van der Waals surface area contributed by atoms with Crippen LogP contribution < -0.4 is 15.4 Å². The summed E-state index contributed by atoms with van der Waals surface area (Å²) in [6.45, 7) is 5.75. The third-order valence-corrected chi connectivity index (χ3v) is 4.25. The molecule has 1 aromatic heterocycles. The van der Waals surface area contributed by atoms with Gasteiger partial charge in [0.1, 0.15) is 23.6 Å². The van der Waals surface area contributed by atoms with E-state index >= 15 is 0 Å². The van der Waals surface area contributed by atoms with Crippen LogP contribution in [-0.4, -0.2) is 34.2 Å². The highest BCUT2D eigenvalue weighted by molar-refractivity contribution is 6.13. The molecule has 30 heavy (non-hydrogen) atoms. The lowest BCUT2D eigenvalue weighted by molar-refractivity contribution is -0.116. The van der Waals surface area contributed by atoms with Crippen molar-refractivity contribution in [3.8, 4) is 11.5 Å². The van der Waals surface area contributed by atoms with Gasteiger partial charge in [0.2, 0.25) is 5.91 Å². The fourth-order valence-electron chi connectivity index (χ4n) is 2.73. The summed E-state index contributed by atoms with van der Waals surface area (Å²) < 4.78 is 5.80. The van der Waals surface area contributed by atoms with Gasteiger partial charge in [0, 0.05) is 24.3 Å². The highest BCUT2D eigenvalue weighted by Gasteiger charge is 2.13. The number of rotatable bonds is 9. The van der Waals surface area contributed by atoms with E-state index in [9.17, 15) is 4.79 Å². The Balaban J connectivity index is 1.69. The molecule has 3 rings (SSSR count). The third-order valence-electron chi connectivity index (χ3n) is 4.25. The maximum absolute atomic E-state index is 11.4. The minimum atomic E-state index is -0.238. The second-order valence-corrected chi connectivity index (χ2v) is 6.59. The predicted molar refractivity (Wildman–Crippen MR) is 117 cm³/mol. The summed E-state index contributed by atoms with van der Waals surface area (Å²) in [5.74, 6) is 1.73. The molecule has 0 bridgehead atoms. The van der Waals surface area contributed by atoms with E-state index in [1.165, 1.54) is 12.4 Å². The quantitative estimate of drug-likeness (QED) is 0.374. The number of benzene rings is 2. The lowest BCUT2D eigenvalue weighted by Gasteiger charge is -2.16. The van der Waals surface area contributed by atoms with Gasteiger partial charge in [-0.2, -0.15) is 0 Å². The van der Waals surface area contributed by atoms with Gasteiger partial charge in [-0.1, -0.05) is 24.8 Å². The number of nitrogens with one attached hydrogen (secondary N) is 3. The van der Waals surface area contributed by atoms with Crippen LogP contribution in [0.1, 0.15) is 18.1 Å². The Labute approximate surface area is 175 Å². The van der Waals surface area contributed by atoms with Crippen LogP contribution >= 0.6 is 0 Å². The molecule has 7 heteroatoms. The van der Waals surface area contributed by atoms with Crippen molar-refractivity contribution < 1.29 is 9.53 Å². The molecule has 0 aliphatic heterocycles. The summed E-state index contributed by atoms with van der Waals surface area (Å²) in [5, 5.41) is 14.5. The number of anilines is 1. The second-order valence-electron chi connectivity index (χ2n) is 6.59. The minimum Gasteiger partial charge on any atom is -0.457 e. The van der Waals surface area contributed by atoms with E-state index < -0.39 is 0 Å². The van der Waals surface area contributed by atoms with Gasteiger partial charge < -0.3 is 15.4 Å². The molecule has 0 radical (unpaired) electrons. The molecule has 1 amide bonds. The fourth-order valence-corrected chi connectivity index (χ4v) is 2.73. The average molecular weight is 401 g/mol. The van der Waals surface area contributed by atoms with E-state index in [2.05, 4.69) is 27.2 Å². The topological polar surface area (TPSA) is 100.0 Å². The van der Waals surface area contributed by atoms with Crippen molar-refractivity contribution >= 4 is 17.4 Å². The second kappa shape index (κ2) is 9.97. The standard InChI is InChI=1S/C23H23N5O2/c1-3-21(29)28-16(2)13-26-23-20(14-25-15-27-23)22(24)17-9-11-19(12-10-17)30-18-7-5-4-6-8-18/h3-12,14-16,24H,1,13H2,2H3,(H,28,29)(H,25,26,27)/t16-/m0/s1. The lowest BCUT2D eigenvalue weighted by Crippen LogP contribution is -2.36. The number of hydrogen-bond acceptors (Lipinski definition) is 6. The van der Waals surface area contributed by atoms with Gasteiger partial charge in [-0.05, 0) is 49.4 Å². The van der Waals surface area contributed by atoms with Crippen molar-refractivity contribution in [1.82, 2.24) is 15.3 Å². The van der Waals surface area contributed by atoms with E-state index in [-0.39, 0.29) is 17.7 Å². The van der Waals surface area contributed by atoms with Gasteiger partial charge >= 0.3 is 0 Å². The van der Waals surface area contributed by atoms with Crippen molar-refractivity contribution in [2.45, 2.75) is 13.0 Å². The van der Waals surface area contributed by atoms with Gasteiger partial charge in [0.05, 0.1) is 11.3 Å². The smallest absolute Gasteiger partial charge is 0.243 e. The van der Waals surface area contributed by atoms with E-state index in [0.717, 1.165) is 5.75 Å². The molecule has 1 heterocycles. The van der Waals surface area contributed by atoms with Crippen LogP contribution in [0, 0.1) is 5.41 Å². The van der Waals surface area contributed by atoms with Crippen molar-refractivity contribution in [1.29, 1.82) is 5.41 Å². The van der Waals surface area contributed by atoms with Gasteiger partial charge in [-0.3, -0.25) is 10.2 Å². The molecule has 0 aliphatic carbocycles. The van der Waals surface area contributed by atoms with Crippen molar-refractivity contribution in [3.63, 3.8) is 0 Å². The highest BCUT2D eigenvalue weighted by atomic mass is 16.5. The third kappa shape index (κ3) is 5.51. The monoisotopic (exact) mass is 401 g/mol. The molecule has 3 aromatic rings. The van der Waals surface area contributed by atoms with Gasteiger partial charge in [0.15, 0.2) is 0 Å². The zero-order valence-electron chi connectivity index (χ0n) is 16.6. The highest BCUT2D eigenvalue weighted by Crippen LogP contribution is 2.23. The van der Waals surface area contributed by atoms with E-state index in [1.807, 2.05) is 61.5 Å². The summed E-state index contributed by atoms with van der Waals surface area (Å²) in [6, 6.07) is 16.7. The molecule has 0 fully saturated rings. The number of hydrogen-bond donors (Lipinski definition) is 3. The molecule has 1 atom stereocenters. The molecule has 0 spiro atoms. The Morgan fingerprint density at radius 3 is 2.57 bits per heavy atom. The maximum atomic E-state index is 11.4. The van der Waals surface area contributed by atoms with Crippen molar-refractivity contribution in [2.75, 3.05) is 11.9 Å². The van der Waals surface area contributed by atoms with Crippen LogP contribution in [0.15, 0.2) is 79.8 Å². The first-order valence-corrected chi connectivity index (χ1v) is 9.46. The first-order valence-electron chi connectivity index (χ1n) is 9.46. The van der Waals surface area contributed by atoms with Crippen LogP contribution in [0.2, 0.25) is 0 Å². The zero-order valence-corrected chi connectivity index (χ0v) is 16.6. The summed E-state index contributed by atoms with van der Waals surface area (Å²) in [6.07, 6.45) is 4.25. The molecule has 2 aromatic carbocycles. The number of para-hydroxylation sites is 1. The maximum Gasteiger partial charge on any atom is 0.243 e. The molecule has 7 nitrogen and oxygen atoms in total. The van der Waals surface area contributed by atoms with E-state index in [4.69, 9.17) is 10.1 Å². The van der Waals surface area contributed by atoms with Crippen molar-refractivity contribution in [3.05, 3.63) is 90.9 Å². The molecule has 152 valence electrons. The fraction of sp³-hybridized carbons (Fsp3) is 0.130. The molecule has 0 aliphatic rings. The first-order chi connectivity index (χ1) is 14.6. The largest absolute Gasteiger partial charge is 0.457 e. The number of ether oxygens (including phenoxy) is 1. The first kappa shape index (κ1) is 20.7. The van der Waals surface area contributed by atoms with Crippen LogP contribution in [-0.2, 0) is 4.79 Å². The summed E-state index contributed by atoms with van der Waals surface area (Å²) in [7, 11) is 0. The van der Waals surface area contributed by atoms with Gasteiger partial charge in [-0.15, -0.1) is 0 Å². The molecule has 0 saturated heterocycles. The molecule has 3 N–H and O–H groups in total. The molecular formula is C23H23N5O2. The van der Waals surface area contributed by atoms with Crippen LogP contribution in [0.5, 0.6) is 11.5 Å². The zero-order chi connectivity index (χ0) is 21.3. The Kier molecular flexibility index (Phi) is 6.89. The summed E-state index contributed by atoms with van der Waals surface area (Å²) >= 11 is 0. The Hall–Kier alpha value is -4.00. The Morgan fingerprint density at radius 2 is 1.87 bits per heavy atom. The lowest BCUT2D eigenvalue weighted by atomic mass is 10.0. The summed E-state index contributed by atoms with van der Waals surface area (Å²) in [4.78, 5) is 19.7. The van der Waals surface area contributed by atoms with Gasteiger partial charge in [0.25, 0.3) is 0 Å². The van der Waals surface area contributed by atoms with Crippen LogP contribution in [0.25, 0.3) is 0 Å². The number of aromatic nitrogens is 2. The Morgan fingerprint density at radius 1 is 1.17 bits per heavy atom. The van der Waals surface area contributed by atoms with Gasteiger partial charge in [-0.25, -0.2) is 9.97 Å². The van der Waals surface area contributed by atoms with Crippen LogP contribution in [0.4, 0.5) is 5.82 Å². The summed E-state index contributed by atoms with van der Waals surface area (Å²) in [5.41, 5.74) is 1.56. The SMILES string of the molecule is C=CC(=O)N[C@@H](C)CNc1ncncc1C(=N)c1ccc(Oc2ccccc2)cc1. The molecule has 0 unspecified atom stereocenters. The number of carbonyl (C=O) groups excluding carboxylic acids is 1. The molecular weight excluding hydrogens is 378 g/mol. The molecule has 0 saturated carbocycles. The van der Waals surface area contributed by atoms with Crippen molar-refractivity contribution in [2.24, 2.45) is 0 Å². The van der Waals surface area contributed by atoms with Crippen LogP contribution in [0.3, 0.4) is 0 Å². The number of carbonyl (C=O) groups is 1. The normalized spacial score (nSPS) is 11.2. The number of amides is 1. The number of nitrogens with zero attached hydrogens (tertiary/aromatic N) is 2. The predicted octanol–water partition coefficient (Wildman–Crippen LogP) is 3.79. The minimum absolute atomic E-state index is 0.137.